The van der Waals surface area contributed by atoms with Crippen LogP contribution in [0.25, 0.3) is 0 Å². The van der Waals surface area contributed by atoms with Crippen molar-refractivity contribution in [2.45, 2.75) is 37.8 Å². The van der Waals surface area contributed by atoms with Gasteiger partial charge in [-0.15, -0.1) is 0 Å². The quantitative estimate of drug-likeness (QED) is 0.905. The number of carbonyl (C=O) groups excluding carboxylic acids is 1. The molecular formula is C16H23NO2. The van der Waals surface area contributed by atoms with Crippen molar-refractivity contribution in [3.05, 3.63) is 35.9 Å². The molecule has 1 N–H and O–H groups in total. The molecule has 1 fully saturated rings. The Labute approximate surface area is 115 Å². The van der Waals surface area contributed by atoms with Gasteiger partial charge in [0.2, 0.25) is 0 Å². The smallest absolute Gasteiger partial charge is 0.168 e. The molecule has 1 aromatic rings. The van der Waals surface area contributed by atoms with E-state index in [1.54, 1.807) is 0 Å². The fourth-order valence-electron chi connectivity index (χ4n) is 2.90. The van der Waals surface area contributed by atoms with Gasteiger partial charge in [-0.1, -0.05) is 30.3 Å². The Morgan fingerprint density at radius 3 is 2.26 bits per heavy atom. The van der Waals surface area contributed by atoms with Crippen LogP contribution >= 0.6 is 0 Å². The van der Waals surface area contributed by atoms with Crippen molar-refractivity contribution >= 4 is 5.78 Å². The topological polar surface area (TPSA) is 40.5 Å². The first-order valence-electron chi connectivity index (χ1n) is 7.02. The van der Waals surface area contributed by atoms with Crippen molar-refractivity contribution in [2.75, 3.05) is 14.1 Å². The molecule has 0 aromatic heterocycles. The van der Waals surface area contributed by atoms with Crippen LogP contribution in [0.1, 0.15) is 37.4 Å². The third-order valence-corrected chi connectivity index (χ3v) is 4.21. The monoisotopic (exact) mass is 261 g/mol. The maximum absolute atomic E-state index is 12.3. The minimum Gasteiger partial charge on any atom is -0.381 e. The van der Waals surface area contributed by atoms with E-state index in [-0.39, 0.29) is 11.7 Å². The number of benzene rings is 1. The molecule has 1 saturated carbocycles. The Kier molecular flexibility index (Phi) is 4.72. The van der Waals surface area contributed by atoms with Crippen molar-refractivity contribution in [1.29, 1.82) is 0 Å². The van der Waals surface area contributed by atoms with E-state index in [1.807, 2.05) is 30.3 Å². The zero-order valence-corrected chi connectivity index (χ0v) is 11.7. The van der Waals surface area contributed by atoms with E-state index in [1.165, 1.54) is 0 Å². The lowest BCUT2D eigenvalue weighted by atomic mass is 9.80. The van der Waals surface area contributed by atoms with Crippen LogP contribution in [0.15, 0.2) is 30.3 Å². The Hall–Kier alpha value is -1.19. The highest BCUT2D eigenvalue weighted by Gasteiger charge is 2.31. The molecule has 2 rings (SSSR count). The highest BCUT2D eigenvalue weighted by atomic mass is 16.3. The van der Waals surface area contributed by atoms with Crippen LogP contribution in [0.5, 0.6) is 0 Å². The lowest BCUT2D eigenvalue weighted by molar-refractivity contribution is -0.132. The molecule has 0 radical (unpaired) electrons. The van der Waals surface area contributed by atoms with E-state index in [0.29, 0.717) is 11.6 Å². The van der Waals surface area contributed by atoms with Crippen LogP contribution in [0.2, 0.25) is 0 Å². The summed E-state index contributed by atoms with van der Waals surface area (Å²) in [6, 6.07) is 9.81. The van der Waals surface area contributed by atoms with E-state index < -0.39 is 6.10 Å². The molecule has 0 spiro atoms. The molecule has 0 heterocycles. The lowest BCUT2D eigenvalue weighted by Gasteiger charge is -2.32. The summed E-state index contributed by atoms with van der Waals surface area (Å²) >= 11 is 0. The van der Waals surface area contributed by atoms with Gasteiger partial charge >= 0.3 is 0 Å². The normalized spacial score (nSPS) is 25.3. The molecule has 3 heteroatoms. The number of ketones is 1. The summed E-state index contributed by atoms with van der Waals surface area (Å²) in [6.45, 7) is 0. The number of hydrogen-bond donors (Lipinski definition) is 1. The van der Waals surface area contributed by atoms with E-state index in [9.17, 15) is 9.90 Å². The van der Waals surface area contributed by atoms with E-state index >= 15 is 0 Å². The Bertz CT molecular complexity index is 408. The third kappa shape index (κ3) is 3.43. The average molecular weight is 261 g/mol. The molecule has 1 atom stereocenters. The maximum Gasteiger partial charge on any atom is 0.168 e. The van der Waals surface area contributed by atoms with E-state index in [4.69, 9.17) is 0 Å². The number of aliphatic hydroxyl groups is 1. The summed E-state index contributed by atoms with van der Waals surface area (Å²) in [6.07, 6.45) is 2.93. The summed E-state index contributed by atoms with van der Waals surface area (Å²) < 4.78 is 0. The minimum atomic E-state index is -0.956. The number of rotatable bonds is 4. The molecule has 1 unspecified atom stereocenters. The van der Waals surface area contributed by atoms with Gasteiger partial charge in [0.1, 0.15) is 6.10 Å². The van der Waals surface area contributed by atoms with Crippen LogP contribution in [-0.2, 0) is 4.79 Å². The Morgan fingerprint density at radius 2 is 1.74 bits per heavy atom. The van der Waals surface area contributed by atoms with E-state index in [0.717, 1.165) is 25.7 Å². The number of hydrogen-bond acceptors (Lipinski definition) is 3. The van der Waals surface area contributed by atoms with Gasteiger partial charge in [-0.3, -0.25) is 4.79 Å². The van der Waals surface area contributed by atoms with Gasteiger partial charge in [-0.05, 0) is 45.3 Å². The lowest BCUT2D eigenvalue weighted by Crippen LogP contribution is -2.35. The van der Waals surface area contributed by atoms with Crippen LogP contribution < -0.4 is 0 Å². The zero-order valence-electron chi connectivity index (χ0n) is 11.7. The molecule has 0 amide bonds. The summed E-state index contributed by atoms with van der Waals surface area (Å²) in [7, 11) is 4.18. The molecule has 1 aliphatic rings. The number of carbonyl (C=O) groups is 1. The van der Waals surface area contributed by atoms with Gasteiger partial charge in [0, 0.05) is 12.0 Å². The molecule has 19 heavy (non-hydrogen) atoms. The minimum absolute atomic E-state index is 0.0107. The summed E-state index contributed by atoms with van der Waals surface area (Å²) in [5.41, 5.74) is 0.710. The molecule has 0 bridgehead atoms. The second-order valence-corrected chi connectivity index (χ2v) is 5.68. The number of Topliss-reactive ketones (excluding diaryl/α,β-unsaturated/α-hetero) is 1. The largest absolute Gasteiger partial charge is 0.381 e. The highest BCUT2D eigenvalue weighted by Crippen LogP contribution is 2.30. The SMILES string of the molecule is CN(C)C1CCC(C(=O)C(O)c2ccccc2)CC1. The summed E-state index contributed by atoms with van der Waals surface area (Å²) in [4.78, 5) is 14.5. The fourth-order valence-corrected chi connectivity index (χ4v) is 2.90. The predicted molar refractivity (Wildman–Crippen MR) is 75.8 cm³/mol. The first-order chi connectivity index (χ1) is 9.09. The third-order valence-electron chi connectivity index (χ3n) is 4.21. The van der Waals surface area contributed by atoms with Crippen LogP contribution in [0.3, 0.4) is 0 Å². The molecule has 0 saturated heterocycles. The van der Waals surface area contributed by atoms with Gasteiger partial charge in [-0.25, -0.2) is 0 Å². The number of nitrogens with zero attached hydrogens (tertiary/aromatic N) is 1. The molecule has 1 aliphatic carbocycles. The van der Waals surface area contributed by atoms with Crippen molar-refractivity contribution in [2.24, 2.45) is 5.92 Å². The van der Waals surface area contributed by atoms with Crippen molar-refractivity contribution < 1.29 is 9.90 Å². The van der Waals surface area contributed by atoms with Crippen molar-refractivity contribution in [1.82, 2.24) is 4.90 Å². The highest BCUT2D eigenvalue weighted by molar-refractivity contribution is 5.86. The Balaban J connectivity index is 1.94. The van der Waals surface area contributed by atoms with Crippen LogP contribution in [0, 0.1) is 5.92 Å². The molecule has 1 aromatic carbocycles. The molecule has 104 valence electrons. The van der Waals surface area contributed by atoms with Crippen LogP contribution in [-0.4, -0.2) is 35.9 Å². The molecule has 0 aliphatic heterocycles. The van der Waals surface area contributed by atoms with Gasteiger partial charge in [0.05, 0.1) is 0 Å². The van der Waals surface area contributed by atoms with E-state index in [2.05, 4.69) is 19.0 Å². The van der Waals surface area contributed by atoms with Crippen molar-refractivity contribution in [3.63, 3.8) is 0 Å². The van der Waals surface area contributed by atoms with Gasteiger partial charge in [-0.2, -0.15) is 0 Å². The standard InChI is InChI=1S/C16H23NO2/c1-17(2)14-10-8-13(9-11-14)16(19)15(18)12-6-4-3-5-7-12/h3-7,13-15,18H,8-11H2,1-2H3. The molecule has 3 nitrogen and oxygen atoms in total. The van der Waals surface area contributed by atoms with Gasteiger partial charge in [0.15, 0.2) is 5.78 Å². The molecular weight excluding hydrogens is 238 g/mol. The predicted octanol–water partition coefficient (Wildman–Crippen LogP) is 2.41. The first kappa shape index (κ1) is 14.2. The number of aliphatic hydroxyl groups excluding tert-OH is 1. The Morgan fingerprint density at radius 1 is 1.16 bits per heavy atom. The van der Waals surface area contributed by atoms with Crippen molar-refractivity contribution in [3.8, 4) is 0 Å². The second-order valence-electron chi connectivity index (χ2n) is 5.68. The summed E-state index contributed by atoms with van der Waals surface area (Å²) in [5, 5.41) is 10.2. The zero-order chi connectivity index (χ0) is 13.8. The average Bonchev–Trinajstić information content (AvgIpc) is 2.46. The first-order valence-corrected chi connectivity index (χ1v) is 7.02. The fraction of sp³-hybridized carbons (Fsp3) is 0.562. The second kappa shape index (κ2) is 6.31. The van der Waals surface area contributed by atoms with Gasteiger partial charge in [0.25, 0.3) is 0 Å². The maximum atomic E-state index is 12.3. The van der Waals surface area contributed by atoms with Crippen LogP contribution in [0.4, 0.5) is 0 Å². The summed E-state index contributed by atoms with van der Waals surface area (Å²) in [5.74, 6) is 0.00909. The van der Waals surface area contributed by atoms with Gasteiger partial charge < -0.3 is 10.0 Å².